The molecule has 3 nitrogen and oxygen atoms in total. The van der Waals surface area contributed by atoms with Gasteiger partial charge in [-0.2, -0.15) is 0 Å². The molecule has 0 heterocycles. The number of primary amides is 1. The molecule has 1 amide bonds. The Hall–Kier alpha value is -0.570. The molecule has 0 aliphatic heterocycles. The summed E-state index contributed by atoms with van der Waals surface area (Å²) in [5.74, 6) is -0.267. The van der Waals surface area contributed by atoms with Gasteiger partial charge >= 0.3 is 0 Å². The Labute approximate surface area is 73.7 Å². The molecule has 70 valence electrons. The second kappa shape index (κ2) is 3.90. The highest BCUT2D eigenvalue weighted by Crippen LogP contribution is 2.36. The van der Waals surface area contributed by atoms with Crippen LogP contribution in [0.5, 0.6) is 0 Å². The van der Waals surface area contributed by atoms with Crippen molar-refractivity contribution in [2.24, 2.45) is 11.1 Å². The summed E-state index contributed by atoms with van der Waals surface area (Å²) in [5.41, 5.74) is 5.43. The average molecular weight is 170 g/mol. The summed E-state index contributed by atoms with van der Waals surface area (Å²) < 4.78 is 0. The van der Waals surface area contributed by atoms with E-state index in [9.17, 15) is 4.79 Å². The summed E-state index contributed by atoms with van der Waals surface area (Å²) in [7, 11) is 0. The van der Waals surface area contributed by atoms with Crippen molar-refractivity contribution < 1.29 is 4.79 Å². The highest BCUT2D eigenvalue weighted by molar-refractivity contribution is 5.75. The third-order valence-electron chi connectivity index (χ3n) is 2.66. The quantitative estimate of drug-likeness (QED) is 0.650. The molecule has 1 rings (SSSR count). The van der Waals surface area contributed by atoms with E-state index >= 15 is 0 Å². The van der Waals surface area contributed by atoms with E-state index < -0.39 is 0 Å². The zero-order chi connectivity index (χ0) is 9.03. The van der Waals surface area contributed by atoms with E-state index in [-0.39, 0.29) is 5.91 Å². The first-order chi connectivity index (χ1) is 5.62. The first-order valence-electron chi connectivity index (χ1n) is 4.61. The smallest absolute Gasteiger partial charge is 0.231 e. The summed E-state index contributed by atoms with van der Waals surface area (Å²) in [5, 5.41) is 3.09. The van der Waals surface area contributed by atoms with Gasteiger partial charge in [0.05, 0.1) is 6.54 Å². The summed E-state index contributed by atoms with van der Waals surface area (Å²) in [6.07, 6.45) is 5.21. The van der Waals surface area contributed by atoms with Gasteiger partial charge in [0, 0.05) is 6.54 Å². The average Bonchev–Trinajstić information content (AvgIpc) is 2.35. The van der Waals surface area contributed by atoms with Gasteiger partial charge in [-0.05, 0) is 18.3 Å². The van der Waals surface area contributed by atoms with Crippen LogP contribution in [-0.4, -0.2) is 19.0 Å². The van der Waals surface area contributed by atoms with Crippen molar-refractivity contribution in [3.05, 3.63) is 0 Å². The Balaban J connectivity index is 2.17. The first kappa shape index (κ1) is 9.52. The van der Waals surface area contributed by atoms with Crippen LogP contribution in [0.3, 0.4) is 0 Å². The number of rotatable bonds is 4. The second-order valence-electron chi connectivity index (χ2n) is 4.09. The van der Waals surface area contributed by atoms with Crippen molar-refractivity contribution in [1.29, 1.82) is 0 Å². The standard InChI is InChI=1S/C9H18N2O/c1-9(4-2-3-5-9)7-11-6-8(10)12/h11H,2-7H2,1H3,(H2,10,12). The lowest BCUT2D eigenvalue weighted by molar-refractivity contribution is -0.117. The lowest BCUT2D eigenvalue weighted by Crippen LogP contribution is -2.35. The fourth-order valence-electron chi connectivity index (χ4n) is 1.89. The predicted molar refractivity (Wildman–Crippen MR) is 48.6 cm³/mol. The summed E-state index contributed by atoms with van der Waals surface area (Å²) >= 11 is 0. The van der Waals surface area contributed by atoms with E-state index in [0.29, 0.717) is 12.0 Å². The number of hydrogen-bond acceptors (Lipinski definition) is 2. The minimum atomic E-state index is -0.267. The molecule has 0 bridgehead atoms. The Bertz CT molecular complexity index is 162. The highest BCUT2D eigenvalue weighted by atomic mass is 16.1. The molecule has 0 atom stereocenters. The van der Waals surface area contributed by atoms with Gasteiger partial charge in [0.2, 0.25) is 5.91 Å². The molecule has 3 heteroatoms. The molecular weight excluding hydrogens is 152 g/mol. The monoisotopic (exact) mass is 170 g/mol. The molecule has 0 spiro atoms. The predicted octanol–water partition coefficient (Wildman–Crippen LogP) is 0.642. The lowest BCUT2D eigenvalue weighted by atomic mass is 9.89. The molecule has 1 saturated carbocycles. The molecule has 0 aromatic carbocycles. The third kappa shape index (κ3) is 2.81. The van der Waals surface area contributed by atoms with Gasteiger partial charge in [-0.1, -0.05) is 19.8 Å². The minimum absolute atomic E-state index is 0.267. The summed E-state index contributed by atoms with van der Waals surface area (Å²) in [6.45, 7) is 3.51. The van der Waals surface area contributed by atoms with Gasteiger partial charge < -0.3 is 11.1 Å². The Morgan fingerprint density at radius 2 is 2.08 bits per heavy atom. The molecule has 3 N–H and O–H groups in total. The van der Waals surface area contributed by atoms with Crippen LogP contribution in [0.25, 0.3) is 0 Å². The van der Waals surface area contributed by atoms with E-state index in [2.05, 4.69) is 12.2 Å². The molecule has 0 aromatic heterocycles. The minimum Gasteiger partial charge on any atom is -0.369 e. The molecule has 0 radical (unpaired) electrons. The van der Waals surface area contributed by atoms with Crippen LogP contribution in [0.15, 0.2) is 0 Å². The maximum atomic E-state index is 10.4. The van der Waals surface area contributed by atoms with Gasteiger partial charge in [-0.25, -0.2) is 0 Å². The molecule has 1 aliphatic rings. The fourth-order valence-corrected chi connectivity index (χ4v) is 1.89. The highest BCUT2D eigenvalue weighted by Gasteiger charge is 2.27. The molecule has 0 aromatic rings. The van der Waals surface area contributed by atoms with Gasteiger partial charge in [-0.3, -0.25) is 4.79 Å². The molecule has 0 saturated heterocycles. The lowest BCUT2D eigenvalue weighted by Gasteiger charge is -2.23. The molecule has 1 aliphatic carbocycles. The van der Waals surface area contributed by atoms with Crippen LogP contribution < -0.4 is 11.1 Å². The van der Waals surface area contributed by atoms with E-state index in [1.807, 2.05) is 0 Å². The Kier molecular flexibility index (Phi) is 3.09. The van der Waals surface area contributed by atoms with Crippen molar-refractivity contribution in [3.8, 4) is 0 Å². The molecule has 0 unspecified atom stereocenters. The number of nitrogens with two attached hydrogens (primary N) is 1. The second-order valence-corrected chi connectivity index (χ2v) is 4.09. The number of hydrogen-bond donors (Lipinski definition) is 2. The van der Waals surface area contributed by atoms with Crippen LogP contribution in [0, 0.1) is 5.41 Å². The van der Waals surface area contributed by atoms with E-state index in [1.54, 1.807) is 0 Å². The number of carbonyl (C=O) groups excluding carboxylic acids is 1. The van der Waals surface area contributed by atoms with E-state index in [4.69, 9.17) is 5.73 Å². The fraction of sp³-hybridized carbons (Fsp3) is 0.889. The Morgan fingerprint density at radius 1 is 1.50 bits per heavy atom. The Morgan fingerprint density at radius 3 is 2.58 bits per heavy atom. The molecule has 1 fully saturated rings. The zero-order valence-electron chi connectivity index (χ0n) is 7.73. The van der Waals surface area contributed by atoms with Crippen molar-refractivity contribution in [1.82, 2.24) is 5.32 Å². The van der Waals surface area contributed by atoms with Crippen LogP contribution >= 0.6 is 0 Å². The van der Waals surface area contributed by atoms with Gasteiger partial charge in [0.25, 0.3) is 0 Å². The molecule has 12 heavy (non-hydrogen) atoms. The summed E-state index contributed by atoms with van der Waals surface area (Å²) in [4.78, 5) is 10.4. The number of amides is 1. The third-order valence-corrected chi connectivity index (χ3v) is 2.66. The largest absolute Gasteiger partial charge is 0.369 e. The van der Waals surface area contributed by atoms with Gasteiger partial charge in [-0.15, -0.1) is 0 Å². The van der Waals surface area contributed by atoms with E-state index in [1.165, 1.54) is 25.7 Å². The summed E-state index contributed by atoms with van der Waals surface area (Å²) in [6, 6.07) is 0. The van der Waals surface area contributed by atoms with E-state index in [0.717, 1.165) is 6.54 Å². The van der Waals surface area contributed by atoms with Crippen molar-refractivity contribution >= 4 is 5.91 Å². The number of carbonyl (C=O) groups is 1. The van der Waals surface area contributed by atoms with Gasteiger partial charge in [0.1, 0.15) is 0 Å². The SMILES string of the molecule is CC1(CNCC(N)=O)CCCC1. The topological polar surface area (TPSA) is 55.1 Å². The maximum absolute atomic E-state index is 10.4. The maximum Gasteiger partial charge on any atom is 0.231 e. The van der Waals surface area contributed by atoms with Crippen LogP contribution in [0.2, 0.25) is 0 Å². The van der Waals surface area contributed by atoms with Crippen molar-refractivity contribution in [3.63, 3.8) is 0 Å². The molecular formula is C9H18N2O. The zero-order valence-corrected chi connectivity index (χ0v) is 7.73. The normalized spacial score (nSPS) is 21.1. The van der Waals surface area contributed by atoms with Crippen LogP contribution in [0.4, 0.5) is 0 Å². The van der Waals surface area contributed by atoms with Crippen LogP contribution in [-0.2, 0) is 4.79 Å². The van der Waals surface area contributed by atoms with Crippen molar-refractivity contribution in [2.75, 3.05) is 13.1 Å². The van der Waals surface area contributed by atoms with Gasteiger partial charge in [0.15, 0.2) is 0 Å². The van der Waals surface area contributed by atoms with Crippen molar-refractivity contribution in [2.45, 2.75) is 32.6 Å². The van der Waals surface area contributed by atoms with Crippen LogP contribution in [0.1, 0.15) is 32.6 Å². The number of nitrogens with one attached hydrogen (secondary N) is 1. The first-order valence-corrected chi connectivity index (χ1v) is 4.61.